The maximum absolute atomic E-state index is 12.0. The van der Waals surface area contributed by atoms with Crippen LogP contribution in [0.25, 0.3) is 0 Å². The van der Waals surface area contributed by atoms with Crippen molar-refractivity contribution < 1.29 is 4.79 Å². The molecule has 1 amide bonds. The number of rotatable bonds is 4. The number of nitrogens with zero attached hydrogens (tertiary/aromatic N) is 1. The van der Waals surface area contributed by atoms with Crippen molar-refractivity contribution in [3.63, 3.8) is 0 Å². The molecule has 0 saturated carbocycles. The van der Waals surface area contributed by atoms with Crippen LogP contribution in [0.3, 0.4) is 0 Å². The molecule has 2 rings (SSSR count). The smallest absolute Gasteiger partial charge is 0.241 e. The fourth-order valence-electron chi connectivity index (χ4n) is 1.82. The van der Waals surface area contributed by atoms with Crippen LogP contribution < -0.4 is 11.1 Å². The van der Waals surface area contributed by atoms with Crippen molar-refractivity contribution >= 4 is 11.6 Å². The summed E-state index contributed by atoms with van der Waals surface area (Å²) < 4.78 is 0. The number of hydrogen-bond donors (Lipinski definition) is 3. The third-order valence-corrected chi connectivity index (χ3v) is 2.98. The molecule has 0 aliphatic carbocycles. The van der Waals surface area contributed by atoms with E-state index < -0.39 is 6.04 Å². The zero-order chi connectivity index (χ0) is 13.8. The molecule has 100 valence electrons. The van der Waals surface area contributed by atoms with Crippen molar-refractivity contribution in [2.45, 2.75) is 26.3 Å². The van der Waals surface area contributed by atoms with Gasteiger partial charge in [-0.25, -0.2) is 4.98 Å². The van der Waals surface area contributed by atoms with E-state index in [1.807, 2.05) is 32.0 Å². The Morgan fingerprint density at radius 1 is 1.47 bits per heavy atom. The first-order valence-electron chi connectivity index (χ1n) is 6.17. The number of benzene rings is 1. The molecular formula is C14H18N4O. The molecule has 0 saturated heterocycles. The van der Waals surface area contributed by atoms with Crippen molar-refractivity contribution in [3.8, 4) is 0 Å². The lowest BCUT2D eigenvalue weighted by molar-refractivity contribution is -0.117. The number of aromatic nitrogens is 2. The molecule has 0 bridgehead atoms. The molecule has 1 aromatic heterocycles. The predicted molar refractivity (Wildman–Crippen MR) is 74.8 cm³/mol. The number of anilines is 1. The molecule has 4 N–H and O–H groups in total. The van der Waals surface area contributed by atoms with E-state index in [9.17, 15) is 4.79 Å². The molecule has 0 unspecified atom stereocenters. The van der Waals surface area contributed by atoms with Crippen LogP contribution in [-0.4, -0.2) is 21.9 Å². The molecule has 0 aliphatic rings. The molecule has 0 radical (unpaired) electrons. The zero-order valence-electron chi connectivity index (χ0n) is 11.1. The molecule has 5 heteroatoms. The van der Waals surface area contributed by atoms with Gasteiger partial charge in [-0.15, -0.1) is 0 Å². The highest BCUT2D eigenvalue weighted by molar-refractivity contribution is 5.95. The van der Waals surface area contributed by atoms with E-state index in [2.05, 4.69) is 15.3 Å². The second-order valence-electron chi connectivity index (χ2n) is 4.70. The highest BCUT2D eigenvalue weighted by atomic mass is 16.2. The van der Waals surface area contributed by atoms with Gasteiger partial charge in [-0.05, 0) is 31.0 Å². The monoisotopic (exact) mass is 258 g/mol. The highest BCUT2D eigenvalue weighted by Crippen LogP contribution is 2.16. The summed E-state index contributed by atoms with van der Waals surface area (Å²) >= 11 is 0. The van der Waals surface area contributed by atoms with Gasteiger partial charge in [-0.3, -0.25) is 4.79 Å². The lowest BCUT2D eigenvalue weighted by Crippen LogP contribution is -2.37. The topological polar surface area (TPSA) is 83.8 Å². The quantitative estimate of drug-likeness (QED) is 0.777. The average Bonchev–Trinajstić information content (AvgIpc) is 2.86. The summed E-state index contributed by atoms with van der Waals surface area (Å²) in [4.78, 5) is 18.9. The first-order chi connectivity index (χ1) is 9.06. The Bertz CT molecular complexity index is 563. The normalized spacial score (nSPS) is 12.2. The van der Waals surface area contributed by atoms with Crippen LogP contribution >= 0.6 is 0 Å². The standard InChI is InChI=1S/C14H18N4O/c1-9-3-4-10(2)13(5-9)18-14(19)12(15)6-11-7-16-8-17-11/h3-5,7-8,12H,6,15H2,1-2H3,(H,16,17)(H,18,19)/t12-/m0/s1. The van der Waals surface area contributed by atoms with Crippen molar-refractivity contribution in [1.82, 2.24) is 9.97 Å². The molecule has 1 aromatic carbocycles. The Morgan fingerprint density at radius 2 is 2.26 bits per heavy atom. The zero-order valence-corrected chi connectivity index (χ0v) is 11.1. The Kier molecular flexibility index (Phi) is 3.97. The number of H-pyrrole nitrogens is 1. The maximum Gasteiger partial charge on any atom is 0.241 e. The minimum atomic E-state index is -0.597. The summed E-state index contributed by atoms with van der Waals surface area (Å²) in [6.45, 7) is 3.94. The van der Waals surface area contributed by atoms with Crippen LogP contribution in [0.4, 0.5) is 5.69 Å². The first kappa shape index (κ1) is 13.3. The number of aryl methyl sites for hydroxylation is 2. The van der Waals surface area contributed by atoms with Crippen LogP contribution in [0.1, 0.15) is 16.8 Å². The van der Waals surface area contributed by atoms with Gasteiger partial charge in [0.2, 0.25) is 5.91 Å². The summed E-state index contributed by atoms with van der Waals surface area (Å²) in [7, 11) is 0. The van der Waals surface area contributed by atoms with Gasteiger partial charge < -0.3 is 16.0 Å². The lowest BCUT2D eigenvalue weighted by atomic mass is 10.1. The van der Waals surface area contributed by atoms with E-state index in [1.165, 1.54) is 0 Å². The fraction of sp³-hybridized carbons (Fsp3) is 0.286. The summed E-state index contributed by atoms with van der Waals surface area (Å²) in [5.74, 6) is -0.191. The number of imidazole rings is 1. The van der Waals surface area contributed by atoms with E-state index >= 15 is 0 Å². The predicted octanol–water partition coefficient (Wildman–Crippen LogP) is 1.54. The van der Waals surface area contributed by atoms with Crippen molar-refractivity contribution in [1.29, 1.82) is 0 Å². The maximum atomic E-state index is 12.0. The first-order valence-corrected chi connectivity index (χ1v) is 6.17. The van der Waals surface area contributed by atoms with Gasteiger partial charge >= 0.3 is 0 Å². The van der Waals surface area contributed by atoms with E-state index in [-0.39, 0.29) is 5.91 Å². The largest absolute Gasteiger partial charge is 0.348 e. The van der Waals surface area contributed by atoms with Crippen LogP contribution in [0.5, 0.6) is 0 Å². The third kappa shape index (κ3) is 3.42. The number of aromatic amines is 1. The number of amides is 1. The van der Waals surface area contributed by atoms with Crippen molar-refractivity contribution in [2.24, 2.45) is 5.73 Å². The number of hydrogen-bond acceptors (Lipinski definition) is 3. The second kappa shape index (κ2) is 5.67. The Morgan fingerprint density at radius 3 is 2.95 bits per heavy atom. The Labute approximate surface area is 112 Å². The minimum absolute atomic E-state index is 0.191. The molecule has 0 aliphatic heterocycles. The molecule has 19 heavy (non-hydrogen) atoms. The van der Waals surface area contributed by atoms with Gasteiger partial charge in [0.1, 0.15) is 0 Å². The van der Waals surface area contributed by atoms with Crippen molar-refractivity contribution in [2.75, 3.05) is 5.32 Å². The molecule has 5 nitrogen and oxygen atoms in total. The third-order valence-electron chi connectivity index (χ3n) is 2.98. The lowest BCUT2D eigenvalue weighted by Gasteiger charge is -2.13. The van der Waals surface area contributed by atoms with Gasteiger partial charge in [-0.2, -0.15) is 0 Å². The van der Waals surface area contributed by atoms with Crippen LogP contribution in [0, 0.1) is 13.8 Å². The van der Waals surface area contributed by atoms with E-state index in [0.717, 1.165) is 22.5 Å². The van der Waals surface area contributed by atoms with E-state index in [4.69, 9.17) is 5.73 Å². The van der Waals surface area contributed by atoms with Gasteiger partial charge in [-0.1, -0.05) is 12.1 Å². The summed E-state index contributed by atoms with van der Waals surface area (Å²) in [5.41, 5.74) is 9.67. The number of carbonyl (C=O) groups excluding carboxylic acids is 1. The van der Waals surface area contributed by atoms with E-state index in [0.29, 0.717) is 6.42 Å². The SMILES string of the molecule is Cc1ccc(C)c(NC(=O)[C@@H](N)Cc2cnc[nH]2)c1. The number of nitrogens with one attached hydrogen (secondary N) is 2. The van der Waals surface area contributed by atoms with Crippen molar-refractivity contribution in [3.05, 3.63) is 47.5 Å². The summed E-state index contributed by atoms with van der Waals surface area (Å²) in [6, 6.07) is 5.33. The van der Waals surface area contributed by atoms with E-state index in [1.54, 1.807) is 12.5 Å². The molecule has 0 fully saturated rings. The van der Waals surface area contributed by atoms with Crippen LogP contribution in [0.2, 0.25) is 0 Å². The molecule has 1 heterocycles. The molecule has 0 spiro atoms. The van der Waals surface area contributed by atoms with Gasteiger partial charge in [0, 0.05) is 24.0 Å². The fourth-order valence-corrected chi connectivity index (χ4v) is 1.82. The summed E-state index contributed by atoms with van der Waals surface area (Å²) in [6.07, 6.45) is 3.69. The van der Waals surface area contributed by atoms with Gasteiger partial charge in [0.25, 0.3) is 0 Å². The van der Waals surface area contributed by atoms with Crippen LogP contribution in [-0.2, 0) is 11.2 Å². The molecular weight excluding hydrogens is 240 g/mol. The van der Waals surface area contributed by atoms with Gasteiger partial charge in [0.05, 0.1) is 12.4 Å². The van der Waals surface area contributed by atoms with Gasteiger partial charge in [0.15, 0.2) is 0 Å². The Hall–Kier alpha value is -2.14. The minimum Gasteiger partial charge on any atom is -0.348 e. The highest BCUT2D eigenvalue weighted by Gasteiger charge is 2.15. The summed E-state index contributed by atoms with van der Waals surface area (Å²) in [5, 5.41) is 2.86. The molecule has 2 aromatic rings. The average molecular weight is 258 g/mol. The number of nitrogens with two attached hydrogens (primary N) is 1. The van der Waals surface area contributed by atoms with Crippen LogP contribution in [0.15, 0.2) is 30.7 Å². The number of carbonyl (C=O) groups is 1. The molecule has 1 atom stereocenters. The second-order valence-corrected chi connectivity index (χ2v) is 4.70. The Balaban J connectivity index is 2.02.